The molecule has 0 amide bonds. The average molecular weight is 933 g/mol. The maximum Gasteiger partial charge on any atom is 0.345 e. The molecule has 5 aromatic rings. The number of likely N-dealkylation sites (N-methyl/N-ethyl adjacent to an activating group) is 2. The summed E-state index contributed by atoms with van der Waals surface area (Å²) >= 11 is 16.4. The van der Waals surface area contributed by atoms with Gasteiger partial charge in [-0.25, -0.2) is 24.7 Å². The Bertz CT molecular complexity index is 2470. The molecule has 5 aliphatic rings. The van der Waals surface area contributed by atoms with Crippen molar-refractivity contribution < 1.29 is 33.6 Å². The number of rotatable bonds is 8. The number of morpholine rings is 1. The fraction of sp³-hybridized carbons (Fsp3) is 0.511. The fourth-order valence-electron chi connectivity index (χ4n) is 9.32. The van der Waals surface area contributed by atoms with Crippen molar-refractivity contribution in [1.29, 1.82) is 0 Å². The topological polar surface area (TPSA) is 145 Å². The van der Waals surface area contributed by atoms with Crippen molar-refractivity contribution in [1.82, 2.24) is 34.6 Å². The highest BCUT2D eigenvalue weighted by molar-refractivity contribution is 7.19. The zero-order valence-corrected chi connectivity index (χ0v) is 39.1. The molecule has 64 heavy (non-hydrogen) atoms. The third-order valence-electron chi connectivity index (χ3n) is 12.9. The van der Waals surface area contributed by atoms with Crippen LogP contribution in [0, 0.1) is 13.8 Å². The first-order valence-corrected chi connectivity index (χ1v) is 23.8. The van der Waals surface area contributed by atoms with Gasteiger partial charge in [0.15, 0.2) is 11.6 Å². The molecule has 0 spiro atoms. The van der Waals surface area contributed by atoms with Crippen molar-refractivity contribution >= 4 is 50.7 Å². The van der Waals surface area contributed by atoms with E-state index in [1.807, 2.05) is 33.0 Å². The zero-order valence-electron chi connectivity index (χ0n) is 36.8. The molecular weight excluding hydrogens is 878 g/mol. The molecule has 7 heterocycles. The van der Waals surface area contributed by atoms with Gasteiger partial charge in [0.1, 0.15) is 48.1 Å². The molecule has 3 fully saturated rings. The van der Waals surface area contributed by atoms with Crippen molar-refractivity contribution in [2.24, 2.45) is 0 Å². The van der Waals surface area contributed by atoms with Crippen LogP contribution in [0.4, 0.5) is 0 Å². The first kappa shape index (κ1) is 44.8. The van der Waals surface area contributed by atoms with Crippen LogP contribution in [-0.2, 0) is 22.6 Å². The average Bonchev–Trinajstić information content (AvgIpc) is 3.69. The summed E-state index contributed by atoms with van der Waals surface area (Å²) in [6.45, 7) is 10.6. The van der Waals surface area contributed by atoms with Crippen LogP contribution >= 0.6 is 34.5 Å². The van der Waals surface area contributed by atoms with Gasteiger partial charge in [-0.15, -0.1) is 11.3 Å². The molecule has 3 atom stereocenters. The molecule has 14 nitrogen and oxygen atoms in total. The van der Waals surface area contributed by atoms with Gasteiger partial charge >= 0.3 is 5.97 Å². The van der Waals surface area contributed by atoms with Gasteiger partial charge in [-0.2, -0.15) is 0 Å². The van der Waals surface area contributed by atoms with E-state index < -0.39 is 18.2 Å². The predicted octanol–water partition coefficient (Wildman–Crippen LogP) is 8.16. The summed E-state index contributed by atoms with van der Waals surface area (Å²) in [5.74, 6) is 1.25. The molecule has 3 aromatic heterocycles. The van der Waals surface area contributed by atoms with Crippen LogP contribution in [0.25, 0.3) is 21.3 Å². The Morgan fingerprint density at radius 2 is 1.72 bits per heavy atom. The molecule has 1 saturated carbocycles. The number of aromatic nitrogens is 4. The number of carboxylic acids is 1. The first-order chi connectivity index (χ1) is 31.0. The SMILES string of the molecule is Cc1c(Cl)c2c(Cl)c(C)c1-c1c(C3CCCCC3)sc3ncnc(c13)O[C@@H](C(=O)O)Cc1cc(ccc1OCc1ccnc(C3CN(C)CCO3)n1)OC[C@@H](CN1CCN(C)CC1)O2. The summed E-state index contributed by atoms with van der Waals surface area (Å²) in [6, 6.07) is 7.23. The number of fused-ring (bicyclic) bond motifs is 7. The lowest BCUT2D eigenvalue weighted by Crippen LogP contribution is -2.49. The van der Waals surface area contributed by atoms with Crippen molar-refractivity contribution in [3.63, 3.8) is 0 Å². The normalized spacial score (nSPS) is 21.8. The van der Waals surface area contributed by atoms with E-state index in [0.717, 1.165) is 85.5 Å². The number of carbonyl (C=O) groups is 1. The summed E-state index contributed by atoms with van der Waals surface area (Å²) in [4.78, 5) is 40.7. The first-order valence-electron chi connectivity index (χ1n) is 22.2. The number of nitrogens with zero attached hydrogens (tertiary/aromatic N) is 7. The van der Waals surface area contributed by atoms with Crippen LogP contribution in [-0.4, -0.2) is 131 Å². The zero-order chi connectivity index (χ0) is 44.5. The quantitative estimate of drug-likeness (QED) is 0.160. The minimum Gasteiger partial charge on any atom is -0.490 e. The Labute approximate surface area is 387 Å². The number of hydrogen-bond donors (Lipinski definition) is 1. The van der Waals surface area contributed by atoms with E-state index in [2.05, 4.69) is 31.7 Å². The third kappa shape index (κ3) is 9.62. The van der Waals surface area contributed by atoms with Crippen molar-refractivity contribution in [2.75, 3.05) is 73.1 Å². The molecule has 10 rings (SSSR count). The van der Waals surface area contributed by atoms with Crippen LogP contribution in [0.1, 0.15) is 77.2 Å². The molecule has 1 aliphatic carbocycles. The van der Waals surface area contributed by atoms with E-state index in [9.17, 15) is 9.90 Å². The monoisotopic (exact) mass is 931 g/mol. The molecule has 17 heteroatoms. The van der Waals surface area contributed by atoms with Crippen molar-refractivity contribution in [3.05, 3.63) is 79.9 Å². The largest absolute Gasteiger partial charge is 0.490 e. The van der Waals surface area contributed by atoms with Crippen LogP contribution < -0.4 is 18.9 Å². The molecule has 4 aliphatic heterocycles. The summed E-state index contributed by atoms with van der Waals surface area (Å²) in [6.07, 6.45) is 6.48. The number of halogens is 2. The second kappa shape index (κ2) is 19.6. The lowest BCUT2D eigenvalue weighted by molar-refractivity contribution is -0.145. The molecule has 2 saturated heterocycles. The Kier molecular flexibility index (Phi) is 13.8. The van der Waals surface area contributed by atoms with E-state index in [1.165, 1.54) is 12.7 Å². The van der Waals surface area contributed by atoms with Gasteiger partial charge in [0.2, 0.25) is 12.0 Å². The number of hydrogen-bond acceptors (Lipinski definition) is 14. The number of ether oxygens (including phenoxy) is 5. The van der Waals surface area contributed by atoms with E-state index in [0.29, 0.717) is 74.3 Å². The lowest BCUT2D eigenvalue weighted by Gasteiger charge is -2.35. The van der Waals surface area contributed by atoms with Crippen molar-refractivity contribution in [3.8, 4) is 34.3 Å². The Morgan fingerprint density at radius 1 is 0.938 bits per heavy atom. The maximum absolute atomic E-state index is 13.3. The number of piperazine rings is 1. The van der Waals surface area contributed by atoms with Gasteiger partial charge in [-0.05, 0) is 87.7 Å². The Hall–Kier alpha value is -4.35. The predicted molar refractivity (Wildman–Crippen MR) is 247 cm³/mol. The van der Waals surface area contributed by atoms with Gasteiger partial charge in [-0.3, -0.25) is 4.90 Å². The molecule has 1 N–H and O–H groups in total. The Morgan fingerprint density at radius 3 is 2.47 bits per heavy atom. The van der Waals surface area contributed by atoms with Gasteiger partial charge < -0.3 is 38.6 Å². The Balaban J connectivity index is 1.14. The van der Waals surface area contributed by atoms with E-state index in [4.69, 9.17) is 56.9 Å². The molecule has 0 radical (unpaired) electrons. The third-order valence-corrected chi connectivity index (χ3v) is 15.1. The highest BCUT2D eigenvalue weighted by atomic mass is 35.5. The number of carboxylic acid groups (broad SMARTS) is 1. The maximum atomic E-state index is 13.3. The minimum atomic E-state index is -1.37. The van der Waals surface area contributed by atoms with E-state index in [1.54, 1.807) is 29.7 Å². The molecular formula is C47H55Cl2N7O7S. The lowest BCUT2D eigenvalue weighted by atomic mass is 9.83. The van der Waals surface area contributed by atoms with Gasteiger partial charge in [0.25, 0.3) is 0 Å². The van der Waals surface area contributed by atoms with Crippen LogP contribution in [0.5, 0.6) is 23.1 Å². The summed E-state index contributed by atoms with van der Waals surface area (Å²) in [5.41, 5.74) is 4.57. The van der Waals surface area contributed by atoms with Gasteiger partial charge in [0, 0.05) is 74.4 Å². The molecule has 340 valence electrons. The molecule has 4 bridgehead atoms. The minimum absolute atomic E-state index is 0.0647. The van der Waals surface area contributed by atoms with E-state index in [-0.39, 0.29) is 37.5 Å². The van der Waals surface area contributed by atoms with E-state index >= 15 is 0 Å². The second-order valence-electron chi connectivity index (χ2n) is 17.5. The number of aliphatic carboxylic acids is 1. The van der Waals surface area contributed by atoms with Crippen molar-refractivity contribution in [2.45, 2.75) is 83.2 Å². The van der Waals surface area contributed by atoms with Gasteiger partial charge in [0.05, 0.1) is 27.7 Å². The van der Waals surface area contributed by atoms with Crippen LogP contribution in [0.15, 0.2) is 36.8 Å². The number of thiophene rings is 1. The fourth-order valence-corrected chi connectivity index (χ4v) is 11.1. The summed E-state index contributed by atoms with van der Waals surface area (Å²) in [5, 5.41) is 12.4. The number of benzene rings is 2. The summed E-state index contributed by atoms with van der Waals surface area (Å²) in [7, 11) is 4.18. The summed E-state index contributed by atoms with van der Waals surface area (Å²) < 4.78 is 32.5. The van der Waals surface area contributed by atoms with Crippen LogP contribution in [0.3, 0.4) is 0 Å². The van der Waals surface area contributed by atoms with Crippen LogP contribution in [0.2, 0.25) is 10.0 Å². The smallest absolute Gasteiger partial charge is 0.345 e. The molecule has 1 unspecified atom stereocenters. The highest BCUT2D eigenvalue weighted by Gasteiger charge is 2.34. The second-order valence-corrected chi connectivity index (χ2v) is 19.3. The molecule has 2 aromatic carbocycles. The van der Waals surface area contributed by atoms with Gasteiger partial charge in [-0.1, -0.05) is 42.5 Å². The highest BCUT2D eigenvalue weighted by Crippen LogP contribution is 2.53. The standard InChI is InChI=1S/C47H55Cl2N7O7S/c1-27-37-28(2)41(49)42(40(27)48)62-33(22-56-16-14-54(3)15-17-56)25-60-32-10-11-34(61-24-31-12-13-50-44(53-31)36-23-55(4)18-19-59-36)30(20-32)21-35(47(57)58)63-45-39-38(37)43(29-8-6-5-7-9-29)64-46(39)52-26-51-45/h10-13,20,26,29,33,35-36H,5-9,14-19,21-25H2,1-4H3,(H,57,58)/t33-,35-,36?/m1/s1.